The summed E-state index contributed by atoms with van der Waals surface area (Å²) in [6, 6.07) is 3.16. The quantitative estimate of drug-likeness (QED) is 0.697. The lowest BCUT2D eigenvalue weighted by Crippen LogP contribution is -2.40. The summed E-state index contributed by atoms with van der Waals surface area (Å²) in [5.41, 5.74) is 0. The predicted molar refractivity (Wildman–Crippen MR) is 79.7 cm³/mol. The lowest BCUT2D eigenvalue weighted by atomic mass is 9.89. The first kappa shape index (κ1) is 14.9. The molecule has 0 bridgehead atoms. The summed E-state index contributed by atoms with van der Waals surface area (Å²) in [7, 11) is 0. The Hall–Kier alpha value is -0.550. The van der Waals surface area contributed by atoms with E-state index in [-0.39, 0.29) is 5.92 Å². The van der Waals surface area contributed by atoms with Crippen LogP contribution in [0.25, 0.3) is 0 Å². The summed E-state index contributed by atoms with van der Waals surface area (Å²) in [5.74, 6) is 2.01. The van der Waals surface area contributed by atoms with E-state index in [9.17, 15) is 5.26 Å². The van der Waals surface area contributed by atoms with Crippen LogP contribution in [0.2, 0.25) is 0 Å². The molecule has 1 saturated carbocycles. The largest absolute Gasteiger partial charge is 0.299 e. The van der Waals surface area contributed by atoms with Gasteiger partial charge >= 0.3 is 0 Å². The van der Waals surface area contributed by atoms with Crippen LogP contribution in [0.15, 0.2) is 0 Å². The Bertz CT molecular complexity index is 305. The van der Waals surface area contributed by atoms with E-state index in [1.807, 2.05) is 0 Å². The molecule has 0 N–H and O–H groups in total. The van der Waals surface area contributed by atoms with Crippen molar-refractivity contribution in [3.05, 3.63) is 0 Å². The van der Waals surface area contributed by atoms with Crippen LogP contribution in [0, 0.1) is 29.1 Å². The van der Waals surface area contributed by atoms with Gasteiger partial charge in [-0.1, -0.05) is 33.1 Å². The van der Waals surface area contributed by atoms with Crippen LogP contribution in [0.1, 0.15) is 65.2 Å². The predicted octanol–water partition coefficient (Wildman–Crippen LogP) is 4.22. The number of hydrogen-bond donors (Lipinski definition) is 0. The van der Waals surface area contributed by atoms with Gasteiger partial charge in [0.05, 0.1) is 12.0 Å². The molecule has 0 radical (unpaired) electrons. The van der Waals surface area contributed by atoms with Crippen molar-refractivity contribution in [2.24, 2.45) is 17.8 Å². The Morgan fingerprint density at radius 2 is 1.74 bits per heavy atom. The van der Waals surface area contributed by atoms with E-state index >= 15 is 0 Å². The first-order chi connectivity index (χ1) is 9.22. The summed E-state index contributed by atoms with van der Waals surface area (Å²) >= 11 is 0. The van der Waals surface area contributed by atoms with Gasteiger partial charge in [-0.2, -0.15) is 5.26 Å². The average molecular weight is 262 g/mol. The van der Waals surface area contributed by atoms with Gasteiger partial charge in [-0.3, -0.25) is 4.90 Å². The van der Waals surface area contributed by atoms with Crippen molar-refractivity contribution in [3.8, 4) is 6.07 Å². The van der Waals surface area contributed by atoms with Crippen LogP contribution in [0.4, 0.5) is 0 Å². The standard InChI is InChI=1S/C17H30N2/c1-14(2)15-8-6-11-19(12-10-15)17-9-5-3-4-7-16(17)13-18/h14-17H,3-12H2,1-2H3. The SMILES string of the molecule is CC(C)C1CCCN(C2CCCCCC2C#N)CC1. The molecule has 2 aliphatic rings. The van der Waals surface area contributed by atoms with Crippen molar-refractivity contribution in [2.45, 2.75) is 71.3 Å². The number of hydrogen-bond acceptors (Lipinski definition) is 2. The minimum absolute atomic E-state index is 0.290. The maximum Gasteiger partial charge on any atom is 0.0672 e. The van der Waals surface area contributed by atoms with E-state index in [0.717, 1.165) is 18.3 Å². The second-order valence-electron chi connectivity index (χ2n) is 6.91. The van der Waals surface area contributed by atoms with Gasteiger partial charge in [-0.05, 0) is 57.0 Å². The maximum atomic E-state index is 9.45. The Morgan fingerprint density at radius 1 is 0.947 bits per heavy atom. The molecular weight excluding hydrogens is 232 g/mol. The van der Waals surface area contributed by atoms with Crippen molar-refractivity contribution in [3.63, 3.8) is 0 Å². The first-order valence-corrected chi connectivity index (χ1v) is 8.36. The van der Waals surface area contributed by atoms with Crippen molar-refractivity contribution >= 4 is 0 Å². The first-order valence-electron chi connectivity index (χ1n) is 8.36. The molecule has 2 nitrogen and oxygen atoms in total. The molecule has 1 heterocycles. The van der Waals surface area contributed by atoms with Gasteiger partial charge < -0.3 is 0 Å². The second-order valence-corrected chi connectivity index (χ2v) is 6.91. The zero-order valence-electron chi connectivity index (χ0n) is 12.8. The highest BCUT2D eigenvalue weighted by Crippen LogP contribution is 2.31. The Balaban J connectivity index is 1.97. The molecule has 0 aromatic carbocycles. The number of likely N-dealkylation sites (tertiary alicyclic amines) is 1. The normalized spacial score (nSPS) is 34.5. The molecular formula is C17H30N2. The topological polar surface area (TPSA) is 27.0 Å². The van der Waals surface area contributed by atoms with Crippen LogP contribution in [0.3, 0.4) is 0 Å². The number of nitriles is 1. The van der Waals surface area contributed by atoms with Crippen LogP contribution >= 0.6 is 0 Å². The molecule has 0 spiro atoms. The Kier molecular flexibility index (Phi) is 5.70. The maximum absolute atomic E-state index is 9.45. The molecule has 2 fully saturated rings. The third-order valence-corrected chi connectivity index (χ3v) is 5.36. The molecule has 1 aliphatic carbocycles. The monoisotopic (exact) mass is 262 g/mol. The highest BCUT2D eigenvalue weighted by atomic mass is 15.2. The summed E-state index contributed by atoms with van der Waals surface area (Å²) < 4.78 is 0. The van der Waals surface area contributed by atoms with Crippen LogP contribution in [-0.2, 0) is 0 Å². The summed E-state index contributed by atoms with van der Waals surface area (Å²) in [6.45, 7) is 7.19. The highest BCUT2D eigenvalue weighted by molar-refractivity contribution is 4.95. The molecule has 3 unspecified atom stereocenters. The molecule has 0 amide bonds. The lowest BCUT2D eigenvalue weighted by molar-refractivity contribution is 0.156. The molecule has 0 aromatic heterocycles. The Morgan fingerprint density at radius 3 is 2.47 bits per heavy atom. The van der Waals surface area contributed by atoms with Gasteiger partial charge in [-0.15, -0.1) is 0 Å². The van der Waals surface area contributed by atoms with Crippen molar-refractivity contribution < 1.29 is 0 Å². The van der Waals surface area contributed by atoms with Crippen molar-refractivity contribution in [1.29, 1.82) is 5.26 Å². The van der Waals surface area contributed by atoms with Crippen LogP contribution in [0.5, 0.6) is 0 Å². The van der Waals surface area contributed by atoms with Gasteiger partial charge in [0.25, 0.3) is 0 Å². The Labute approximate surface area is 119 Å². The lowest BCUT2D eigenvalue weighted by Gasteiger charge is -2.32. The zero-order chi connectivity index (χ0) is 13.7. The van der Waals surface area contributed by atoms with E-state index in [0.29, 0.717) is 6.04 Å². The fourth-order valence-electron chi connectivity index (χ4n) is 4.02. The van der Waals surface area contributed by atoms with E-state index < -0.39 is 0 Å². The van der Waals surface area contributed by atoms with E-state index in [1.165, 1.54) is 58.0 Å². The molecule has 2 heteroatoms. The van der Waals surface area contributed by atoms with Crippen molar-refractivity contribution in [2.75, 3.05) is 13.1 Å². The smallest absolute Gasteiger partial charge is 0.0672 e. The zero-order valence-corrected chi connectivity index (χ0v) is 12.8. The molecule has 3 atom stereocenters. The minimum Gasteiger partial charge on any atom is -0.299 e. The molecule has 108 valence electrons. The third kappa shape index (κ3) is 3.96. The summed E-state index contributed by atoms with van der Waals surface area (Å²) in [6.07, 6.45) is 10.4. The number of rotatable bonds is 2. The van der Waals surface area contributed by atoms with Crippen molar-refractivity contribution in [1.82, 2.24) is 4.90 Å². The van der Waals surface area contributed by atoms with Gasteiger partial charge in [-0.25, -0.2) is 0 Å². The molecule has 1 aliphatic heterocycles. The average Bonchev–Trinajstić information content (AvgIpc) is 2.78. The molecule has 19 heavy (non-hydrogen) atoms. The van der Waals surface area contributed by atoms with E-state index in [4.69, 9.17) is 0 Å². The van der Waals surface area contributed by atoms with E-state index in [1.54, 1.807) is 0 Å². The molecule has 0 aromatic rings. The highest BCUT2D eigenvalue weighted by Gasteiger charge is 2.30. The summed E-state index contributed by atoms with van der Waals surface area (Å²) in [4.78, 5) is 2.67. The van der Waals surface area contributed by atoms with Gasteiger partial charge in [0.1, 0.15) is 0 Å². The molecule has 1 saturated heterocycles. The van der Waals surface area contributed by atoms with Crippen LogP contribution < -0.4 is 0 Å². The fraction of sp³-hybridized carbons (Fsp3) is 0.941. The minimum atomic E-state index is 0.290. The van der Waals surface area contributed by atoms with Crippen LogP contribution in [-0.4, -0.2) is 24.0 Å². The van der Waals surface area contributed by atoms with Gasteiger partial charge in [0.15, 0.2) is 0 Å². The van der Waals surface area contributed by atoms with E-state index in [2.05, 4.69) is 24.8 Å². The van der Waals surface area contributed by atoms with Gasteiger partial charge in [0, 0.05) is 6.04 Å². The summed E-state index contributed by atoms with van der Waals surface area (Å²) in [5, 5.41) is 9.45. The third-order valence-electron chi connectivity index (χ3n) is 5.36. The molecule has 2 rings (SSSR count). The second kappa shape index (κ2) is 7.29. The number of nitrogens with zero attached hydrogens (tertiary/aromatic N) is 2. The van der Waals surface area contributed by atoms with Gasteiger partial charge in [0.2, 0.25) is 0 Å². The fourth-order valence-corrected chi connectivity index (χ4v) is 4.02.